The Kier molecular flexibility index (Phi) is 3.08. The van der Waals surface area contributed by atoms with Gasteiger partial charge in [-0.2, -0.15) is 0 Å². The summed E-state index contributed by atoms with van der Waals surface area (Å²) in [6, 6.07) is 32.6. The number of hydrogen-bond acceptors (Lipinski definition) is 2. The number of ether oxygens (including phenoxy) is 1. The average molecular weight is 399 g/mol. The maximum absolute atomic E-state index is 13.9. The Morgan fingerprint density at radius 1 is 0.645 bits per heavy atom. The molecule has 3 nitrogen and oxygen atoms in total. The number of fused-ring (bicyclic) bond motifs is 10. The zero-order chi connectivity index (χ0) is 20.6. The average Bonchev–Trinajstić information content (AvgIpc) is 3.11. The summed E-state index contributed by atoms with van der Waals surface area (Å²) in [7, 11) is 0. The number of para-hydroxylation sites is 1. The third-order valence-electron chi connectivity index (χ3n) is 6.68. The molecule has 0 saturated carbocycles. The molecule has 1 N–H and O–H groups in total. The standard InChI is InChI=1S/C28H17NO2/c30-27-28(21-11-5-6-12-23(21)29-27)22-15-13-18-8-2-4-10-20(18)26(22)31-24-16-14-17-7-1-3-9-19(17)25(24)28/h1-16H,(H,29,30). The van der Waals surface area contributed by atoms with Crippen LogP contribution in [0.15, 0.2) is 97.1 Å². The molecule has 5 aromatic carbocycles. The molecule has 5 aromatic rings. The fraction of sp³-hybridized carbons (Fsp3) is 0.0357. The van der Waals surface area contributed by atoms with E-state index in [1.807, 2.05) is 48.5 Å². The van der Waals surface area contributed by atoms with Crippen molar-refractivity contribution in [3.8, 4) is 11.5 Å². The Morgan fingerprint density at radius 3 is 2.19 bits per heavy atom. The topological polar surface area (TPSA) is 38.3 Å². The minimum atomic E-state index is -0.968. The Hall–Kier alpha value is -4.11. The van der Waals surface area contributed by atoms with E-state index in [1.165, 1.54) is 0 Å². The molecule has 146 valence electrons. The molecule has 0 saturated heterocycles. The van der Waals surface area contributed by atoms with Crippen LogP contribution in [-0.4, -0.2) is 5.91 Å². The van der Waals surface area contributed by atoms with Gasteiger partial charge in [0.15, 0.2) is 0 Å². The van der Waals surface area contributed by atoms with Crippen LogP contribution in [0.2, 0.25) is 0 Å². The molecule has 31 heavy (non-hydrogen) atoms. The number of benzene rings is 5. The van der Waals surface area contributed by atoms with Gasteiger partial charge in [-0.1, -0.05) is 84.9 Å². The van der Waals surface area contributed by atoms with Gasteiger partial charge in [-0.25, -0.2) is 0 Å². The van der Waals surface area contributed by atoms with Gasteiger partial charge in [0, 0.05) is 27.8 Å². The summed E-state index contributed by atoms with van der Waals surface area (Å²) in [5, 5.41) is 7.38. The highest BCUT2D eigenvalue weighted by molar-refractivity contribution is 6.16. The molecule has 1 amide bonds. The Labute approximate surface area is 178 Å². The first-order chi connectivity index (χ1) is 15.3. The maximum atomic E-state index is 13.9. The molecule has 2 heterocycles. The molecule has 2 aliphatic rings. The van der Waals surface area contributed by atoms with Crippen LogP contribution in [-0.2, 0) is 10.2 Å². The van der Waals surface area contributed by atoms with E-state index in [2.05, 4.69) is 53.8 Å². The van der Waals surface area contributed by atoms with Crippen molar-refractivity contribution in [3.05, 3.63) is 114 Å². The molecule has 0 radical (unpaired) electrons. The highest BCUT2D eigenvalue weighted by Gasteiger charge is 2.55. The number of nitrogens with one attached hydrogen (secondary N) is 1. The maximum Gasteiger partial charge on any atom is 0.244 e. The van der Waals surface area contributed by atoms with E-state index in [-0.39, 0.29) is 5.91 Å². The zero-order valence-electron chi connectivity index (χ0n) is 16.6. The van der Waals surface area contributed by atoms with Crippen LogP contribution in [0.3, 0.4) is 0 Å². The van der Waals surface area contributed by atoms with Crippen molar-refractivity contribution in [3.63, 3.8) is 0 Å². The van der Waals surface area contributed by atoms with Gasteiger partial charge in [-0.3, -0.25) is 4.79 Å². The first-order valence-corrected chi connectivity index (χ1v) is 10.4. The largest absolute Gasteiger partial charge is 0.456 e. The lowest BCUT2D eigenvalue weighted by molar-refractivity contribution is -0.118. The van der Waals surface area contributed by atoms with Gasteiger partial charge in [0.1, 0.15) is 16.9 Å². The number of anilines is 1. The Bertz CT molecular complexity index is 1570. The van der Waals surface area contributed by atoms with Crippen LogP contribution in [0.4, 0.5) is 5.69 Å². The van der Waals surface area contributed by atoms with Crippen molar-refractivity contribution in [1.82, 2.24) is 0 Å². The predicted molar refractivity (Wildman–Crippen MR) is 123 cm³/mol. The van der Waals surface area contributed by atoms with E-state index in [0.717, 1.165) is 55.4 Å². The summed E-state index contributed by atoms with van der Waals surface area (Å²) in [6.07, 6.45) is 0. The fourth-order valence-corrected chi connectivity index (χ4v) is 5.39. The number of amides is 1. The highest BCUT2D eigenvalue weighted by Crippen LogP contribution is 2.59. The van der Waals surface area contributed by atoms with Gasteiger partial charge in [0.25, 0.3) is 0 Å². The summed E-state index contributed by atoms with van der Waals surface area (Å²) in [6.45, 7) is 0. The number of rotatable bonds is 0. The van der Waals surface area contributed by atoms with Crippen molar-refractivity contribution >= 4 is 33.1 Å². The molecule has 7 rings (SSSR count). The smallest absolute Gasteiger partial charge is 0.244 e. The highest BCUT2D eigenvalue weighted by atomic mass is 16.5. The molecule has 3 heteroatoms. The first-order valence-electron chi connectivity index (χ1n) is 10.4. The van der Waals surface area contributed by atoms with Crippen LogP contribution in [0.1, 0.15) is 16.7 Å². The normalized spacial score (nSPS) is 18.4. The van der Waals surface area contributed by atoms with Crippen LogP contribution < -0.4 is 10.1 Å². The van der Waals surface area contributed by atoms with Crippen molar-refractivity contribution in [2.45, 2.75) is 5.41 Å². The SMILES string of the molecule is O=C1Nc2ccccc2C12c1ccc3ccccc3c1Oc1ccc3ccccc3c12. The van der Waals surface area contributed by atoms with E-state index in [0.29, 0.717) is 0 Å². The second-order valence-corrected chi connectivity index (χ2v) is 8.17. The van der Waals surface area contributed by atoms with Gasteiger partial charge in [0.2, 0.25) is 5.91 Å². The number of carbonyl (C=O) groups excluding carboxylic acids is 1. The van der Waals surface area contributed by atoms with Crippen LogP contribution in [0.25, 0.3) is 21.5 Å². The van der Waals surface area contributed by atoms with Gasteiger partial charge in [-0.15, -0.1) is 0 Å². The van der Waals surface area contributed by atoms with Gasteiger partial charge >= 0.3 is 0 Å². The second kappa shape index (κ2) is 5.73. The lowest BCUT2D eigenvalue weighted by Crippen LogP contribution is -2.39. The molecule has 1 atom stereocenters. The van der Waals surface area contributed by atoms with E-state index in [9.17, 15) is 4.79 Å². The number of hydrogen-bond donors (Lipinski definition) is 1. The summed E-state index contributed by atoms with van der Waals surface area (Å²) in [5.74, 6) is 1.45. The van der Waals surface area contributed by atoms with E-state index < -0.39 is 5.41 Å². The summed E-state index contributed by atoms with van der Waals surface area (Å²) in [4.78, 5) is 13.9. The van der Waals surface area contributed by atoms with E-state index in [4.69, 9.17) is 4.74 Å². The minimum absolute atomic E-state index is 0.0360. The van der Waals surface area contributed by atoms with Crippen molar-refractivity contribution < 1.29 is 9.53 Å². The monoisotopic (exact) mass is 399 g/mol. The van der Waals surface area contributed by atoms with Crippen molar-refractivity contribution in [1.29, 1.82) is 0 Å². The predicted octanol–water partition coefficient (Wildman–Crippen LogP) is 6.39. The van der Waals surface area contributed by atoms with Crippen molar-refractivity contribution in [2.24, 2.45) is 0 Å². The Balaban J connectivity index is 1.72. The minimum Gasteiger partial charge on any atom is -0.456 e. The summed E-state index contributed by atoms with van der Waals surface area (Å²) in [5.41, 5.74) is 2.66. The summed E-state index contributed by atoms with van der Waals surface area (Å²) >= 11 is 0. The lowest BCUT2D eigenvalue weighted by atomic mass is 9.67. The molecule has 1 unspecified atom stereocenters. The van der Waals surface area contributed by atoms with Crippen molar-refractivity contribution in [2.75, 3.05) is 5.32 Å². The second-order valence-electron chi connectivity index (χ2n) is 8.17. The lowest BCUT2D eigenvalue weighted by Gasteiger charge is -2.37. The molecule has 0 fully saturated rings. The first kappa shape index (κ1) is 16.7. The van der Waals surface area contributed by atoms with E-state index >= 15 is 0 Å². The molecule has 0 bridgehead atoms. The molecular formula is C28H17NO2. The quantitative estimate of drug-likeness (QED) is 0.328. The molecule has 1 spiro atoms. The van der Waals surface area contributed by atoms with Crippen LogP contribution in [0.5, 0.6) is 11.5 Å². The van der Waals surface area contributed by atoms with E-state index in [1.54, 1.807) is 0 Å². The number of carbonyl (C=O) groups is 1. The van der Waals surface area contributed by atoms with Gasteiger partial charge in [-0.05, 0) is 28.3 Å². The van der Waals surface area contributed by atoms with Gasteiger partial charge in [0.05, 0.1) is 0 Å². The third kappa shape index (κ3) is 1.96. The summed E-state index contributed by atoms with van der Waals surface area (Å²) < 4.78 is 6.57. The van der Waals surface area contributed by atoms with Gasteiger partial charge < -0.3 is 10.1 Å². The Morgan fingerprint density at radius 2 is 1.32 bits per heavy atom. The zero-order valence-corrected chi connectivity index (χ0v) is 16.6. The third-order valence-corrected chi connectivity index (χ3v) is 6.68. The molecule has 2 aliphatic heterocycles. The molecule has 0 aliphatic carbocycles. The fourth-order valence-electron chi connectivity index (χ4n) is 5.39. The molecule has 0 aromatic heterocycles. The van der Waals surface area contributed by atoms with Crippen LogP contribution >= 0.6 is 0 Å². The molecular weight excluding hydrogens is 382 g/mol. The van der Waals surface area contributed by atoms with Crippen LogP contribution in [0, 0.1) is 0 Å².